The molecule has 0 aliphatic carbocycles. The fourth-order valence-corrected chi connectivity index (χ4v) is 2.42. The fourth-order valence-electron chi connectivity index (χ4n) is 2.15. The van der Waals surface area contributed by atoms with Gasteiger partial charge in [0.2, 0.25) is 0 Å². The molecular weight excluding hydrogens is 261 g/mol. The molecule has 2 rings (SSSR count). The van der Waals surface area contributed by atoms with E-state index >= 15 is 0 Å². The van der Waals surface area contributed by atoms with Crippen LogP contribution < -0.4 is 5.32 Å². The van der Waals surface area contributed by atoms with E-state index < -0.39 is 0 Å². The van der Waals surface area contributed by atoms with Crippen LogP contribution in [0.4, 0.5) is 4.39 Å². The zero-order valence-corrected chi connectivity index (χ0v) is 11.6. The number of hydrogen-bond acceptors (Lipinski definition) is 1. The zero-order valence-electron chi connectivity index (χ0n) is 10.9. The predicted octanol–water partition coefficient (Wildman–Crippen LogP) is 4.37. The summed E-state index contributed by atoms with van der Waals surface area (Å²) in [7, 11) is 0. The highest BCUT2D eigenvalue weighted by Crippen LogP contribution is 2.25. The average Bonchev–Trinajstić information content (AvgIpc) is 2.41. The molecule has 0 heterocycles. The molecule has 0 saturated heterocycles. The van der Waals surface area contributed by atoms with Crippen molar-refractivity contribution in [2.45, 2.75) is 19.4 Å². The van der Waals surface area contributed by atoms with Crippen molar-refractivity contribution in [2.75, 3.05) is 6.54 Å². The molecule has 100 valence electrons. The van der Waals surface area contributed by atoms with Gasteiger partial charge in [-0.05, 0) is 42.3 Å². The Morgan fingerprint density at radius 3 is 2.42 bits per heavy atom. The summed E-state index contributed by atoms with van der Waals surface area (Å²) in [6.45, 7) is 2.92. The first-order valence-corrected chi connectivity index (χ1v) is 6.80. The number of halogens is 2. The van der Waals surface area contributed by atoms with Crippen LogP contribution in [0.15, 0.2) is 48.5 Å². The molecule has 3 heteroatoms. The lowest BCUT2D eigenvalue weighted by Crippen LogP contribution is -2.23. The molecule has 1 nitrogen and oxygen atoms in total. The number of benzene rings is 2. The van der Waals surface area contributed by atoms with Crippen LogP contribution in [0.25, 0.3) is 0 Å². The number of likely N-dealkylation sites (N-methyl/N-ethyl adjacent to an activating group) is 1. The van der Waals surface area contributed by atoms with E-state index in [-0.39, 0.29) is 11.9 Å². The molecule has 2 aromatic rings. The van der Waals surface area contributed by atoms with Gasteiger partial charge in [0.1, 0.15) is 5.82 Å². The van der Waals surface area contributed by atoms with Crippen molar-refractivity contribution >= 4 is 11.6 Å². The van der Waals surface area contributed by atoms with Gasteiger partial charge in [-0.25, -0.2) is 4.39 Å². The summed E-state index contributed by atoms with van der Waals surface area (Å²) < 4.78 is 12.9. The monoisotopic (exact) mass is 277 g/mol. The van der Waals surface area contributed by atoms with Crippen molar-refractivity contribution in [3.8, 4) is 0 Å². The molecule has 0 saturated carbocycles. The van der Waals surface area contributed by atoms with Crippen LogP contribution in [0.1, 0.15) is 24.1 Å². The Morgan fingerprint density at radius 1 is 1.11 bits per heavy atom. The van der Waals surface area contributed by atoms with Gasteiger partial charge in [-0.3, -0.25) is 0 Å². The molecule has 0 bridgehead atoms. The average molecular weight is 278 g/mol. The van der Waals surface area contributed by atoms with Crippen LogP contribution in [0.3, 0.4) is 0 Å². The summed E-state index contributed by atoms with van der Waals surface area (Å²) in [5, 5.41) is 4.18. The van der Waals surface area contributed by atoms with Gasteiger partial charge in [-0.2, -0.15) is 0 Å². The summed E-state index contributed by atoms with van der Waals surface area (Å²) in [5.41, 5.74) is 2.17. The fraction of sp³-hybridized carbons (Fsp3) is 0.250. The maximum Gasteiger partial charge on any atom is 0.123 e. The first-order valence-electron chi connectivity index (χ1n) is 6.43. The first kappa shape index (κ1) is 14.0. The van der Waals surface area contributed by atoms with Crippen molar-refractivity contribution in [2.24, 2.45) is 0 Å². The van der Waals surface area contributed by atoms with Crippen molar-refractivity contribution in [3.63, 3.8) is 0 Å². The predicted molar refractivity (Wildman–Crippen MR) is 78.0 cm³/mol. The van der Waals surface area contributed by atoms with E-state index in [1.807, 2.05) is 36.4 Å². The lowest BCUT2D eigenvalue weighted by molar-refractivity contribution is 0.549. The van der Waals surface area contributed by atoms with Gasteiger partial charge in [-0.15, -0.1) is 0 Å². The Morgan fingerprint density at radius 2 is 1.79 bits per heavy atom. The molecule has 0 aliphatic heterocycles. The summed E-state index contributed by atoms with van der Waals surface area (Å²) in [6, 6.07) is 14.6. The smallest absolute Gasteiger partial charge is 0.123 e. The summed E-state index contributed by atoms with van der Waals surface area (Å²) in [5.74, 6) is -0.207. The van der Waals surface area contributed by atoms with E-state index in [1.54, 1.807) is 0 Å². The van der Waals surface area contributed by atoms with Crippen molar-refractivity contribution in [3.05, 3.63) is 70.5 Å². The lowest BCUT2D eigenvalue weighted by atomic mass is 9.98. The molecule has 0 aromatic heterocycles. The second-order valence-electron chi connectivity index (χ2n) is 4.46. The number of rotatable bonds is 5. The van der Waals surface area contributed by atoms with Crippen LogP contribution in [-0.2, 0) is 6.42 Å². The molecule has 1 unspecified atom stereocenters. The van der Waals surface area contributed by atoms with Crippen LogP contribution >= 0.6 is 11.6 Å². The number of nitrogens with one attached hydrogen (secondary N) is 1. The molecule has 1 N–H and O–H groups in total. The van der Waals surface area contributed by atoms with E-state index in [9.17, 15) is 4.39 Å². The molecule has 19 heavy (non-hydrogen) atoms. The highest BCUT2D eigenvalue weighted by atomic mass is 35.5. The molecular formula is C16H17ClFN. The van der Waals surface area contributed by atoms with Gasteiger partial charge < -0.3 is 5.32 Å². The summed E-state index contributed by atoms with van der Waals surface area (Å²) >= 11 is 6.25. The standard InChI is InChI=1S/C16H17ClFN/c1-2-19-16(14-5-3-4-6-15(14)17)11-12-7-9-13(18)10-8-12/h3-10,16,19H,2,11H2,1H3. The van der Waals surface area contributed by atoms with Gasteiger partial charge in [0.15, 0.2) is 0 Å². The molecule has 1 atom stereocenters. The molecule has 0 radical (unpaired) electrons. The Hall–Kier alpha value is -1.38. The second-order valence-corrected chi connectivity index (χ2v) is 4.87. The van der Waals surface area contributed by atoms with Crippen molar-refractivity contribution in [1.82, 2.24) is 5.32 Å². The minimum atomic E-state index is -0.207. The van der Waals surface area contributed by atoms with Crippen LogP contribution in [0.2, 0.25) is 5.02 Å². The quantitative estimate of drug-likeness (QED) is 0.856. The minimum Gasteiger partial charge on any atom is -0.310 e. The van der Waals surface area contributed by atoms with Crippen LogP contribution in [0.5, 0.6) is 0 Å². The topological polar surface area (TPSA) is 12.0 Å². The highest BCUT2D eigenvalue weighted by molar-refractivity contribution is 6.31. The van der Waals surface area contributed by atoms with Crippen molar-refractivity contribution in [1.29, 1.82) is 0 Å². The van der Waals surface area contributed by atoms with Gasteiger partial charge in [0.05, 0.1) is 0 Å². The molecule has 0 amide bonds. The summed E-state index contributed by atoms with van der Waals surface area (Å²) in [4.78, 5) is 0. The van der Waals surface area contributed by atoms with Gasteiger partial charge in [-0.1, -0.05) is 48.9 Å². The maximum absolute atomic E-state index is 12.9. The lowest BCUT2D eigenvalue weighted by Gasteiger charge is -2.19. The van der Waals surface area contributed by atoms with Gasteiger partial charge >= 0.3 is 0 Å². The third-order valence-corrected chi connectivity index (χ3v) is 3.43. The van der Waals surface area contributed by atoms with E-state index in [4.69, 9.17) is 11.6 Å². The van der Waals surface area contributed by atoms with Crippen LogP contribution in [-0.4, -0.2) is 6.54 Å². The Kier molecular flexibility index (Phi) is 4.94. The maximum atomic E-state index is 12.9. The van der Waals surface area contributed by atoms with E-state index in [0.717, 1.165) is 29.1 Å². The number of hydrogen-bond donors (Lipinski definition) is 1. The SMILES string of the molecule is CCNC(Cc1ccc(F)cc1)c1ccccc1Cl. The molecule has 2 aromatic carbocycles. The molecule has 0 spiro atoms. The second kappa shape index (κ2) is 6.69. The third-order valence-electron chi connectivity index (χ3n) is 3.08. The Labute approximate surface area is 118 Å². The van der Waals surface area contributed by atoms with Crippen molar-refractivity contribution < 1.29 is 4.39 Å². The normalized spacial score (nSPS) is 12.4. The molecule has 0 fully saturated rings. The largest absolute Gasteiger partial charge is 0.310 e. The Balaban J connectivity index is 2.21. The van der Waals surface area contributed by atoms with E-state index in [2.05, 4.69) is 12.2 Å². The van der Waals surface area contributed by atoms with Gasteiger partial charge in [0, 0.05) is 11.1 Å². The van der Waals surface area contributed by atoms with Crippen LogP contribution in [0, 0.1) is 5.82 Å². The summed E-state index contributed by atoms with van der Waals surface area (Å²) in [6.07, 6.45) is 0.790. The van der Waals surface area contributed by atoms with E-state index in [0.29, 0.717) is 0 Å². The first-order chi connectivity index (χ1) is 9.20. The van der Waals surface area contributed by atoms with E-state index in [1.165, 1.54) is 12.1 Å². The molecule has 0 aliphatic rings. The zero-order chi connectivity index (χ0) is 13.7. The highest BCUT2D eigenvalue weighted by Gasteiger charge is 2.13. The third kappa shape index (κ3) is 3.79. The minimum absolute atomic E-state index is 0.143. The van der Waals surface area contributed by atoms with Gasteiger partial charge in [0.25, 0.3) is 0 Å². The Bertz CT molecular complexity index is 525.